The zero-order valence-electron chi connectivity index (χ0n) is 16.4. The highest BCUT2D eigenvalue weighted by Crippen LogP contribution is 2.14. The van der Waals surface area contributed by atoms with E-state index in [0.29, 0.717) is 0 Å². The molecule has 0 aliphatic heterocycles. The summed E-state index contributed by atoms with van der Waals surface area (Å²) < 4.78 is 42.0. The fraction of sp³-hybridized carbons (Fsp3) is 0.333. The van der Waals surface area contributed by atoms with Crippen LogP contribution in [0.4, 0.5) is 4.39 Å². The Labute approximate surface area is 170 Å². The minimum atomic E-state index is -3.74. The fourth-order valence-corrected chi connectivity index (χ4v) is 3.83. The molecule has 8 heteroatoms. The molecule has 0 radical (unpaired) electrons. The molecule has 0 spiro atoms. The van der Waals surface area contributed by atoms with Crippen molar-refractivity contribution in [3.8, 4) is 0 Å². The van der Waals surface area contributed by atoms with Gasteiger partial charge in [-0.15, -0.1) is 0 Å². The highest BCUT2D eigenvalue weighted by Gasteiger charge is 2.18. The maximum atomic E-state index is 12.9. The molecular weight excluding hydrogens is 397 g/mol. The Morgan fingerprint density at radius 1 is 1.07 bits per heavy atom. The van der Waals surface area contributed by atoms with Gasteiger partial charge in [-0.25, -0.2) is 12.8 Å². The van der Waals surface area contributed by atoms with Crippen LogP contribution >= 0.6 is 0 Å². The Bertz CT molecular complexity index is 940. The standard InChI is InChI=1S/C21H24FNO5S/c1-3-16-4-6-17(7-5-16)15(2)23-20(24)14-28-21(25)12-13-29(26,27)19-10-8-18(22)9-11-19/h4-11,15H,3,12-14H2,1-2H3,(H,23,24)/t15-/m1/s1. The van der Waals surface area contributed by atoms with E-state index in [1.54, 1.807) is 0 Å². The van der Waals surface area contributed by atoms with Gasteiger partial charge in [0.15, 0.2) is 16.4 Å². The third kappa shape index (κ3) is 6.98. The maximum Gasteiger partial charge on any atom is 0.307 e. The topological polar surface area (TPSA) is 89.5 Å². The van der Waals surface area contributed by atoms with Crippen LogP contribution in [0.2, 0.25) is 0 Å². The molecule has 29 heavy (non-hydrogen) atoms. The molecule has 0 unspecified atom stereocenters. The van der Waals surface area contributed by atoms with Crippen molar-refractivity contribution in [2.45, 2.75) is 37.6 Å². The number of hydrogen-bond donors (Lipinski definition) is 1. The minimum absolute atomic E-state index is 0.0765. The van der Waals surface area contributed by atoms with E-state index in [-0.39, 0.29) is 10.9 Å². The number of esters is 1. The van der Waals surface area contributed by atoms with E-state index < -0.39 is 46.3 Å². The summed E-state index contributed by atoms with van der Waals surface area (Å²) in [5.74, 6) is -2.32. The highest BCUT2D eigenvalue weighted by molar-refractivity contribution is 7.91. The third-order valence-corrected chi connectivity index (χ3v) is 6.11. The number of sulfone groups is 1. The first-order chi connectivity index (χ1) is 13.7. The Kier molecular flexibility index (Phi) is 7.90. The van der Waals surface area contributed by atoms with Gasteiger partial charge >= 0.3 is 5.97 Å². The van der Waals surface area contributed by atoms with Gasteiger partial charge in [0.2, 0.25) is 0 Å². The summed E-state index contributed by atoms with van der Waals surface area (Å²) in [4.78, 5) is 23.7. The summed E-state index contributed by atoms with van der Waals surface area (Å²) in [6, 6.07) is 11.9. The Balaban J connectivity index is 1.77. The average Bonchev–Trinajstić information content (AvgIpc) is 2.71. The second-order valence-electron chi connectivity index (χ2n) is 6.57. The number of aryl methyl sites for hydroxylation is 1. The number of benzene rings is 2. The lowest BCUT2D eigenvalue weighted by Crippen LogP contribution is -2.31. The lowest BCUT2D eigenvalue weighted by molar-refractivity contribution is -0.148. The second kappa shape index (κ2) is 10.2. The van der Waals surface area contributed by atoms with Crippen LogP contribution in [-0.4, -0.2) is 32.7 Å². The molecule has 2 rings (SSSR count). The smallest absolute Gasteiger partial charge is 0.307 e. The van der Waals surface area contributed by atoms with Gasteiger partial charge < -0.3 is 10.1 Å². The highest BCUT2D eigenvalue weighted by atomic mass is 32.2. The number of hydrogen-bond acceptors (Lipinski definition) is 5. The van der Waals surface area contributed by atoms with Crippen LogP contribution in [-0.2, 0) is 30.6 Å². The molecule has 156 valence electrons. The van der Waals surface area contributed by atoms with Crippen molar-refractivity contribution in [3.63, 3.8) is 0 Å². The summed E-state index contributed by atoms with van der Waals surface area (Å²) in [6.45, 7) is 3.38. The predicted molar refractivity (Wildman–Crippen MR) is 106 cm³/mol. The van der Waals surface area contributed by atoms with Crippen LogP contribution in [0.5, 0.6) is 0 Å². The quantitative estimate of drug-likeness (QED) is 0.497. The molecule has 0 aromatic heterocycles. The molecule has 6 nitrogen and oxygen atoms in total. The van der Waals surface area contributed by atoms with Crippen molar-refractivity contribution in [1.82, 2.24) is 5.32 Å². The Morgan fingerprint density at radius 3 is 2.28 bits per heavy atom. The van der Waals surface area contributed by atoms with Crippen molar-refractivity contribution >= 4 is 21.7 Å². The van der Waals surface area contributed by atoms with Crippen LogP contribution in [0.15, 0.2) is 53.4 Å². The monoisotopic (exact) mass is 421 g/mol. The molecule has 0 fully saturated rings. The molecule has 0 bridgehead atoms. The minimum Gasteiger partial charge on any atom is -0.456 e. The van der Waals surface area contributed by atoms with Crippen molar-refractivity contribution in [1.29, 1.82) is 0 Å². The van der Waals surface area contributed by atoms with E-state index in [1.807, 2.05) is 31.2 Å². The zero-order valence-corrected chi connectivity index (χ0v) is 17.2. The Hall–Kier alpha value is -2.74. The molecule has 0 aliphatic rings. The number of carbonyl (C=O) groups excluding carboxylic acids is 2. The predicted octanol–water partition coefficient (Wildman–Crippen LogP) is 2.97. The van der Waals surface area contributed by atoms with Gasteiger partial charge in [-0.3, -0.25) is 9.59 Å². The number of halogens is 1. The van der Waals surface area contributed by atoms with Crippen LogP contribution in [0.25, 0.3) is 0 Å². The summed E-state index contributed by atoms with van der Waals surface area (Å²) >= 11 is 0. The molecular formula is C21H24FNO5S. The number of carbonyl (C=O) groups is 2. The molecule has 1 atom stereocenters. The Morgan fingerprint density at radius 2 is 1.69 bits per heavy atom. The molecule has 0 heterocycles. The van der Waals surface area contributed by atoms with Crippen LogP contribution in [0.3, 0.4) is 0 Å². The maximum absolute atomic E-state index is 12.9. The molecule has 0 aliphatic carbocycles. The number of amides is 1. The zero-order chi connectivity index (χ0) is 21.4. The first kappa shape index (κ1) is 22.5. The molecule has 1 amide bonds. The first-order valence-corrected chi connectivity index (χ1v) is 10.9. The van der Waals surface area contributed by atoms with Gasteiger partial charge in [-0.1, -0.05) is 31.2 Å². The van der Waals surface area contributed by atoms with E-state index in [0.717, 1.165) is 36.2 Å². The molecule has 0 saturated heterocycles. The van der Waals surface area contributed by atoms with Gasteiger partial charge in [0.05, 0.1) is 23.1 Å². The van der Waals surface area contributed by atoms with Crippen molar-refractivity contribution < 1.29 is 27.1 Å². The summed E-state index contributed by atoms with van der Waals surface area (Å²) in [5.41, 5.74) is 2.11. The molecule has 2 aromatic rings. The molecule has 2 aromatic carbocycles. The SMILES string of the molecule is CCc1ccc([C@@H](C)NC(=O)COC(=O)CCS(=O)(=O)c2ccc(F)cc2)cc1. The van der Waals surface area contributed by atoms with Gasteiger partial charge in [-0.2, -0.15) is 0 Å². The number of ether oxygens (including phenoxy) is 1. The summed E-state index contributed by atoms with van der Waals surface area (Å²) in [7, 11) is -3.74. The van der Waals surface area contributed by atoms with E-state index in [2.05, 4.69) is 12.2 Å². The largest absolute Gasteiger partial charge is 0.456 e. The van der Waals surface area contributed by atoms with Gasteiger partial charge in [0.25, 0.3) is 5.91 Å². The van der Waals surface area contributed by atoms with Crippen molar-refractivity contribution in [3.05, 3.63) is 65.5 Å². The van der Waals surface area contributed by atoms with Crippen LogP contribution < -0.4 is 5.32 Å². The summed E-state index contributed by atoms with van der Waals surface area (Å²) in [5, 5.41) is 2.72. The van der Waals surface area contributed by atoms with E-state index in [9.17, 15) is 22.4 Å². The molecule has 0 saturated carbocycles. The third-order valence-electron chi connectivity index (χ3n) is 4.38. The van der Waals surface area contributed by atoms with E-state index in [1.165, 1.54) is 5.56 Å². The van der Waals surface area contributed by atoms with E-state index in [4.69, 9.17) is 4.74 Å². The summed E-state index contributed by atoms with van der Waals surface area (Å²) in [6.07, 6.45) is 0.523. The van der Waals surface area contributed by atoms with Gasteiger partial charge in [0, 0.05) is 0 Å². The first-order valence-electron chi connectivity index (χ1n) is 9.23. The van der Waals surface area contributed by atoms with Gasteiger partial charge in [-0.05, 0) is 48.7 Å². The fourth-order valence-electron chi connectivity index (χ4n) is 2.60. The number of nitrogens with one attached hydrogen (secondary N) is 1. The van der Waals surface area contributed by atoms with Crippen LogP contribution in [0, 0.1) is 5.82 Å². The average molecular weight is 421 g/mol. The molecule has 1 N–H and O–H groups in total. The van der Waals surface area contributed by atoms with Crippen molar-refractivity contribution in [2.75, 3.05) is 12.4 Å². The van der Waals surface area contributed by atoms with Crippen molar-refractivity contribution in [2.24, 2.45) is 0 Å². The van der Waals surface area contributed by atoms with Crippen LogP contribution in [0.1, 0.15) is 37.4 Å². The second-order valence-corrected chi connectivity index (χ2v) is 8.68. The van der Waals surface area contributed by atoms with Gasteiger partial charge in [0.1, 0.15) is 5.82 Å². The lowest BCUT2D eigenvalue weighted by Gasteiger charge is -2.15. The lowest BCUT2D eigenvalue weighted by atomic mass is 10.1. The number of rotatable bonds is 9. The normalized spacial score (nSPS) is 12.2. The van der Waals surface area contributed by atoms with E-state index >= 15 is 0 Å².